The van der Waals surface area contributed by atoms with Crippen LogP contribution in [0.15, 0.2) is 12.2 Å². The molecule has 0 aliphatic carbocycles. The maximum Gasteiger partial charge on any atom is 0.220 e. The maximum atomic E-state index is 11.3. The van der Waals surface area contributed by atoms with E-state index in [0.29, 0.717) is 0 Å². The van der Waals surface area contributed by atoms with Crippen LogP contribution >= 0.6 is 0 Å². The fraction of sp³-hybridized carbons (Fsp3) is 0.857. The summed E-state index contributed by atoms with van der Waals surface area (Å²) in [5.41, 5.74) is 5.43. The number of rotatable bonds is 17. The van der Waals surface area contributed by atoms with Crippen LogP contribution in [0.4, 0.5) is 0 Å². The summed E-state index contributed by atoms with van der Waals surface area (Å²) >= 11 is 0. The third kappa shape index (κ3) is 15.9. The molecule has 1 atom stereocenters. The number of nitrogens with two attached hydrogens (primary N) is 1. The van der Waals surface area contributed by atoms with Crippen LogP contribution in [0.2, 0.25) is 0 Å². The fourth-order valence-corrected chi connectivity index (χ4v) is 3.06. The van der Waals surface area contributed by atoms with E-state index in [0.717, 1.165) is 25.7 Å². The Morgan fingerprint density at radius 3 is 1.78 bits per heavy atom. The molecule has 1 amide bonds. The van der Waals surface area contributed by atoms with Crippen LogP contribution in [0.1, 0.15) is 110 Å². The van der Waals surface area contributed by atoms with Crippen molar-refractivity contribution in [1.29, 1.82) is 0 Å². The predicted molar refractivity (Wildman–Crippen MR) is 102 cm³/mol. The summed E-state index contributed by atoms with van der Waals surface area (Å²) in [6.45, 7) is 4.39. The Balaban J connectivity index is 3.32. The zero-order valence-corrected chi connectivity index (χ0v) is 15.8. The van der Waals surface area contributed by atoms with E-state index in [2.05, 4.69) is 26.0 Å². The first-order chi connectivity index (χ1) is 11.2. The van der Waals surface area contributed by atoms with Gasteiger partial charge in [-0.15, -0.1) is 0 Å². The van der Waals surface area contributed by atoms with Crippen LogP contribution in [0.3, 0.4) is 0 Å². The van der Waals surface area contributed by atoms with Crippen molar-refractivity contribution in [2.75, 3.05) is 0 Å². The van der Waals surface area contributed by atoms with E-state index in [1.807, 2.05) is 0 Å². The molecule has 0 saturated heterocycles. The van der Waals surface area contributed by atoms with Crippen molar-refractivity contribution in [1.82, 2.24) is 0 Å². The minimum atomic E-state index is -0.107. The average Bonchev–Trinajstić information content (AvgIpc) is 2.54. The van der Waals surface area contributed by atoms with Gasteiger partial charge in [-0.05, 0) is 38.5 Å². The van der Waals surface area contributed by atoms with Crippen LogP contribution in [0.5, 0.6) is 0 Å². The van der Waals surface area contributed by atoms with Gasteiger partial charge in [-0.25, -0.2) is 0 Å². The number of carbonyl (C=O) groups excluding carboxylic acids is 1. The molecule has 1 unspecified atom stereocenters. The molecule has 0 heterocycles. The topological polar surface area (TPSA) is 43.1 Å². The van der Waals surface area contributed by atoms with Crippen LogP contribution in [-0.2, 0) is 4.79 Å². The monoisotopic (exact) mass is 323 g/mol. The van der Waals surface area contributed by atoms with E-state index in [4.69, 9.17) is 5.73 Å². The smallest absolute Gasteiger partial charge is 0.220 e. The molecule has 2 N–H and O–H groups in total. The van der Waals surface area contributed by atoms with E-state index >= 15 is 0 Å². The summed E-state index contributed by atoms with van der Waals surface area (Å²) < 4.78 is 0. The number of primary amides is 1. The third-order valence-corrected chi connectivity index (χ3v) is 4.60. The second kappa shape index (κ2) is 17.6. The molecule has 23 heavy (non-hydrogen) atoms. The molecule has 2 heteroatoms. The lowest BCUT2D eigenvalue weighted by molar-refractivity contribution is -0.122. The molecular weight excluding hydrogens is 282 g/mol. The Bertz CT molecular complexity index is 286. The first-order valence-corrected chi connectivity index (χ1v) is 10.2. The minimum Gasteiger partial charge on any atom is -0.369 e. The van der Waals surface area contributed by atoms with Gasteiger partial charge in [-0.1, -0.05) is 83.8 Å². The van der Waals surface area contributed by atoms with E-state index in [1.165, 1.54) is 70.6 Å². The Kier molecular flexibility index (Phi) is 17.0. The van der Waals surface area contributed by atoms with Gasteiger partial charge < -0.3 is 5.73 Å². The van der Waals surface area contributed by atoms with Gasteiger partial charge in [0.1, 0.15) is 0 Å². The third-order valence-electron chi connectivity index (χ3n) is 4.60. The number of unbranched alkanes of at least 4 members (excludes halogenated alkanes) is 10. The van der Waals surface area contributed by atoms with Crippen molar-refractivity contribution < 1.29 is 4.79 Å². The second-order valence-corrected chi connectivity index (χ2v) is 6.91. The van der Waals surface area contributed by atoms with Crippen molar-refractivity contribution in [3.63, 3.8) is 0 Å². The zero-order valence-electron chi connectivity index (χ0n) is 15.8. The summed E-state index contributed by atoms with van der Waals surface area (Å²) in [5.74, 6) is 0.00157. The van der Waals surface area contributed by atoms with E-state index in [-0.39, 0.29) is 11.8 Å². The normalized spacial score (nSPS) is 12.8. The zero-order chi connectivity index (χ0) is 17.2. The fourth-order valence-electron chi connectivity index (χ4n) is 3.06. The van der Waals surface area contributed by atoms with Gasteiger partial charge in [0.15, 0.2) is 0 Å². The van der Waals surface area contributed by atoms with Gasteiger partial charge in [0.2, 0.25) is 5.91 Å². The van der Waals surface area contributed by atoms with Crippen molar-refractivity contribution >= 4 is 5.91 Å². The molecule has 0 radical (unpaired) electrons. The van der Waals surface area contributed by atoms with Crippen molar-refractivity contribution in [2.45, 2.75) is 110 Å². The Labute approximate surface area is 145 Å². The standard InChI is InChI=1S/C21H41NO/c1-3-5-6-7-8-9-10-11-12-13-14-15-16-17-19-20(18-4-2)21(22)23/h11-12,20H,3-10,13-19H2,1-2H3,(H2,22,23)/b12-11-. The number of hydrogen-bond acceptors (Lipinski definition) is 1. The van der Waals surface area contributed by atoms with E-state index < -0.39 is 0 Å². The maximum absolute atomic E-state index is 11.3. The lowest BCUT2D eigenvalue weighted by Crippen LogP contribution is -2.23. The van der Waals surface area contributed by atoms with Gasteiger partial charge in [0, 0.05) is 5.92 Å². The molecule has 0 bridgehead atoms. The SMILES string of the molecule is CCCCCCCC/C=C\CCCCCCC(CCC)C(N)=O. The molecule has 0 aromatic heterocycles. The largest absolute Gasteiger partial charge is 0.369 e. The van der Waals surface area contributed by atoms with E-state index in [1.54, 1.807) is 0 Å². The molecule has 2 nitrogen and oxygen atoms in total. The first kappa shape index (κ1) is 22.2. The molecule has 0 saturated carbocycles. The summed E-state index contributed by atoms with van der Waals surface area (Å²) in [6.07, 6.45) is 23.4. The highest BCUT2D eigenvalue weighted by Crippen LogP contribution is 2.16. The number of hydrogen-bond donors (Lipinski definition) is 1. The Hall–Kier alpha value is -0.790. The quantitative estimate of drug-likeness (QED) is 0.240. The highest BCUT2D eigenvalue weighted by Gasteiger charge is 2.12. The Morgan fingerprint density at radius 2 is 1.26 bits per heavy atom. The van der Waals surface area contributed by atoms with Crippen LogP contribution in [0.25, 0.3) is 0 Å². The lowest BCUT2D eigenvalue weighted by Gasteiger charge is -2.11. The second-order valence-electron chi connectivity index (χ2n) is 6.91. The Morgan fingerprint density at radius 1 is 0.739 bits per heavy atom. The van der Waals surface area contributed by atoms with Gasteiger partial charge in [-0.3, -0.25) is 4.79 Å². The number of amides is 1. The summed E-state index contributed by atoms with van der Waals surface area (Å²) in [5, 5.41) is 0. The molecule has 0 fully saturated rings. The van der Waals surface area contributed by atoms with Crippen molar-refractivity contribution in [2.24, 2.45) is 11.7 Å². The lowest BCUT2D eigenvalue weighted by atomic mass is 9.95. The van der Waals surface area contributed by atoms with Crippen LogP contribution in [-0.4, -0.2) is 5.91 Å². The molecular formula is C21H41NO. The van der Waals surface area contributed by atoms with Gasteiger partial charge in [0.25, 0.3) is 0 Å². The summed E-state index contributed by atoms with van der Waals surface area (Å²) in [4.78, 5) is 11.3. The highest BCUT2D eigenvalue weighted by atomic mass is 16.1. The van der Waals surface area contributed by atoms with Gasteiger partial charge in [-0.2, -0.15) is 0 Å². The molecule has 0 rings (SSSR count). The van der Waals surface area contributed by atoms with Gasteiger partial charge >= 0.3 is 0 Å². The molecule has 136 valence electrons. The summed E-state index contributed by atoms with van der Waals surface area (Å²) in [6, 6.07) is 0. The molecule has 0 aromatic carbocycles. The number of carbonyl (C=O) groups is 1. The molecule has 0 spiro atoms. The average molecular weight is 324 g/mol. The van der Waals surface area contributed by atoms with Gasteiger partial charge in [0.05, 0.1) is 0 Å². The minimum absolute atomic E-state index is 0.107. The van der Waals surface area contributed by atoms with Crippen molar-refractivity contribution in [3.05, 3.63) is 12.2 Å². The van der Waals surface area contributed by atoms with Crippen LogP contribution < -0.4 is 5.73 Å². The van der Waals surface area contributed by atoms with Crippen LogP contribution in [0, 0.1) is 5.92 Å². The highest BCUT2D eigenvalue weighted by molar-refractivity contribution is 5.76. The van der Waals surface area contributed by atoms with E-state index in [9.17, 15) is 4.79 Å². The molecule has 0 aromatic rings. The van der Waals surface area contributed by atoms with Crippen molar-refractivity contribution in [3.8, 4) is 0 Å². The first-order valence-electron chi connectivity index (χ1n) is 10.2. The molecule has 0 aliphatic rings. The molecule has 0 aliphatic heterocycles. The summed E-state index contributed by atoms with van der Waals surface area (Å²) in [7, 11) is 0. The predicted octanol–water partition coefficient (Wildman–Crippen LogP) is 6.54. The number of allylic oxidation sites excluding steroid dienone is 2.